The molecule has 0 fully saturated rings. The van der Waals surface area contributed by atoms with Crippen LogP contribution in [0.1, 0.15) is 22.3 Å². The third-order valence-electron chi connectivity index (χ3n) is 7.07. The smallest absolute Gasteiger partial charge is 0.139 e. The van der Waals surface area contributed by atoms with E-state index in [2.05, 4.69) is 36.4 Å². The number of pyridine rings is 1. The van der Waals surface area contributed by atoms with Gasteiger partial charge in [-0.05, 0) is 35.2 Å². The second-order valence-corrected chi connectivity index (χ2v) is 9.25. The average Bonchev–Trinajstić information content (AvgIpc) is 3.35. The van der Waals surface area contributed by atoms with Crippen molar-refractivity contribution in [1.29, 1.82) is 0 Å². The van der Waals surface area contributed by atoms with Crippen LogP contribution in [0.4, 0.5) is 4.39 Å². The number of fused-ring (bicyclic) bond motifs is 1. The zero-order valence-electron chi connectivity index (χ0n) is 21.2. The standard InChI is InChI=1S/C33H26FN3O/c1-23-13-12-20-28(30(23)34)31-32-29(21-27(38-2)22-35-32)37(36-31)33(24-14-6-3-7-15-24,25-16-8-4-9-17-25)26-18-10-5-11-19-26/h3-22H,1-2H3. The van der Waals surface area contributed by atoms with Gasteiger partial charge >= 0.3 is 0 Å². The number of methoxy groups -OCH3 is 1. The molecule has 4 aromatic carbocycles. The molecule has 6 aromatic rings. The Labute approximate surface area is 221 Å². The lowest BCUT2D eigenvalue weighted by atomic mass is 9.77. The molecule has 38 heavy (non-hydrogen) atoms. The van der Waals surface area contributed by atoms with E-state index in [4.69, 9.17) is 14.8 Å². The Kier molecular flexibility index (Phi) is 5.97. The van der Waals surface area contributed by atoms with Gasteiger partial charge in [0.15, 0.2) is 0 Å². The second-order valence-electron chi connectivity index (χ2n) is 9.25. The number of hydrogen-bond donors (Lipinski definition) is 0. The summed E-state index contributed by atoms with van der Waals surface area (Å²) in [5.41, 5.74) is 4.95. The van der Waals surface area contributed by atoms with Gasteiger partial charge in [0.1, 0.15) is 28.3 Å². The van der Waals surface area contributed by atoms with E-state index < -0.39 is 5.54 Å². The van der Waals surface area contributed by atoms with E-state index in [0.29, 0.717) is 28.1 Å². The minimum Gasteiger partial charge on any atom is -0.495 e. The first-order valence-corrected chi connectivity index (χ1v) is 12.5. The Morgan fingerprint density at radius 2 is 1.29 bits per heavy atom. The van der Waals surface area contributed by atoms with Gasteiger partial charge in [-0.15, -0.1) is 0 Å². The topological polar surface area (TPSA) is 39.9 Å². The molecule has 2 aromatic heterocycles. The summed E-state index contributed by atoms with van der Waals surface area (Å²) in [4.78, 5) is 4.74. The van der Waals surface area contributed by atoms with E-state index in [-0.39, 0.29) is 5.82 Å². The minimum absolute atomic E-state index is 0.304. The zero-order valence-corrected chi connectivity index (χ0v) is 21.2. The van der Waals surface area contributed by atoms with E-state index in [0.717, 1.165) is 22.2 Å². The van der Waals surface area contributed by atoms with Crippen molar-refractivity contribution in [2.75, 3.05) is 7.11 Å². The lowest BCUT2D eigenvalue weighted by Gasteiger charge is -2.37. The maximum atomic E-state index is 15.5. The fourth-order valence-corrected chi connectivity index (χ4v) is 5.26. The molecule has 0 aliphatic heterocycles. The molecule has 0 spiro atoms. The number of rotatable bonds is 6. The maximum absolute atomic E-state index is 15.5. The minimum atomic E-state index is -0.880. The first-order chi connectivity index (χ1) is 18.6. The molecule has 2 heterocycles. The molecule has 0 saturated heterocycles. The van der Waals surface area contributed by atoms with Gasteiger partial charge < -0.3 is 4.74 Å². The van der Waals surface area contributed by atoms with Crippen molar-refractivity contribution >= 4 is 11.0 Å². The van der Waals surface area contributed by atoms with Crippen LogP contribution in [0.2, 0.25) is 0 Å². The Balaban J connectivity index is 1.82. The first-order valence-electron chi connectivity index (χ1n) is 12.5. The monoisotopic (exact) mass is 499 g/mol. The van der Waals surface area contributed by atoms with Crippen LogP contribution in [0.3, 0.4) is 0 Å². The molecule has 0 N–H and O–H groups in total. The van der Waals surface area contributed by atoms with Crippen LogP contribution in [0.5, 0.6) is 5.75 Å². The quantitative estimate of drug-likeness (QED) is 0.224. The van der Waals surface area contributed by atoms with Crippen LogP contribution in [0.15, 0.2) is 121 Å². The second kappa shape index (κ2) is 9.60. The number of ether oxygens (including phenoxy) is 1. The molecule has 0 saturated carbocycles. The van der Waals surface area contributed by atoms with Crippen molar-refractivity contribution in [3.05, 3.63) is 150 Å². The van der Waals surface area contributed by atoms with E-state index in [9.17, 15) is 0 Å². The van der Waals surface area contributed by atoms with Crippen LogP contribution in [0, 0.1) is 12.7 Å². The summed E-state index contributed by atoms with van der Waals surface area (Å²) in [6, 6.07) is 38.1. The van der Waals surface area contributed by atoms with Gasteiger partial charge in [0.05, 0.1) is 18.8 Å². The number of hydrogen-bond acceptors (Lipinski definition) is 3. The van der Waals surface area contributed by atoms with Crippen molar-refractivity contribution < 1.29 is 9.13 Å². The molecular formula is C33H26FN3O. The summed E-state index contributed by atoms with van der Waals surface area (Å²) in [7, 11) is 1.61. The average molecular weight is 500 g/mol. The highest BCUT2D eigenvalue weighted by molar-refractivity contribution is 5.91. The number of nitrogens with zero attached hydrogens (tertiary/aromatic N) is 3. The van der Waals surface area contributed by atoms with Crippen molar-refractivity contribution in [3.63, 3.8) is 0 Å². The maximum Gasteiger partial charge on any atom is 0.139 e. The molecule has 0 aliphatic rings. The number of aromatic nitrogens is 3. The summed E-state index contributed by atoms with van der Waals surface area (Å²) in [5, 5.41) is 5.20. The van der Waals surface area contributed by atoms with Gasteiger partial charge in [-0.1, -0.05) is 103 Å². The van der Waals surface area contributed by atoms with Gasteiger partial charge in [0.25, 0.3) is 0 Å². The highest BCUT2D eigenvalue weighted by Gasteiger charge is 2.41. The first kappa shape index (κ1) is 23.6. The molecule has 6 rings (SSSR count). The summed E-state index contributed by atoms with van der Waals surface area (Å²) in [6.07, 6.45) is 1.65. The molecular weight excluding hydrogens is 473 g/mol. The van der Waals surface area contributed by atoms with Gasteiger partial charge in [0.2, 0.25) is 0 Å². The highest BCUT2D eigenvalue weighted by atomic mass is 19.1. The van der Waals surface area contributed by atoms with Crippen LogP contribution in [0.25, 0.3) is 22.3 Å². The number of benzene rings is 4. The highest BCUT2D eigenvalue weighted by Crippen LogP contribution is 2.44. The van der Waals surface area contributed by atoms with Crippen LogP contribution < -0.4 is 4.74 Å². The number of aryl methyl sites for hydroxylation is 1. The lowest BCUT2D eigenvalue weighted by Crippen LogP contribution is -2.38. The van der Waals surface area contributed by atoms with Crippen LogP contribution in [-0.2, 0) is 5.54 Å². The Morgan fingerprint density at radius 1 is 0.737 bits per heavy atom. The number of halogens is 1. The molecule has 0 radical (unpaired) electrons. The summed E-state index contributed by atoms with van der Waals surface area (Å²) < 4.78 is 23.1. The third kappa shape index (κ3) is 3.67. The predicted molar refractivity (Wildman–Crippen MR) is 149 cm³/mol. The van der Waals surface area contributed by atoms with Gasteiger partial charge in [0, 0.05) is 11.6 Å². The normalized spacial score (nSPS) is 11.6. The Hall–Kier alpha value is -4.77. The Bertz CT molecular complexity index is 1620. The summed E-state index contributed by atoms with van der Waals surface area (Å²) in [5.74, 6) is 0.291. The van der Waals surface area contributed by atoms with Gasteiger partial charge in [-0.2, -0.15) is 5.10 Å². The van der Waals surface area contributed by atoms with E-state index >= 15 is 4.39 Å². The Morgan fingerprint density at radius 3 is 1.82 bits per heavy atom. The molecule has 0 aliphatic carbocycles. The molecule has 5 heteroatoms. The third-order valence-corrected chi connectivity index (χ3v) is 7.07. The van der Waals surface area contributed by atoms with Crippen LogP contribution >= 0.6 is 0 Å². The van der Waals surface area contributed by atoms with Crippen molar-refractivity contribution in [2.45, 2.75) is 12.5 Å². The van der Waals surface area contributed by atoms with E-state index in [1.807, 2.05) is 71.4 Å². The van der Waals surface area contributed by atoms with Crippen molar-refractivity contribution in [3.8, 4) is 17.0 Å². The predicted octanol–water partition coefficient (Wildman–Crippen LogP) is 7.39. The molecule has 0 amide bonds. The summed E-state index contributed by atoms with van der Waals surface area (Å²) >= 11 is 0. The van der Waals surface area contributed by atoms with Crippen LogP contribution in [-0.4, -0.2) is 21.9 Å². The van der Waals surface area contributed by atoms with E-state index in [1.54, 1.807) is 32.4 Å². The molecule has 4 nitrogen and oxygen atoms in total. The van der Waals surface area contributed by atoms with Crippen molar-refractivity contribution in [2.24, 2.45) is 0 Å². The van der Waals surface area contributed by atoms with Crippen molar-refractivity contribution in [1.82, 2.24) is 14.8 Å². The molecule has 0 bridgehead atoms. The fraction of sp³-hybridized carbons (Fsp3) is 0.0909. The largest absolute Gasteiger partial charge is 0.495 e. The summed E-state index contributed by atoms with van der Waals surface area (Å²) in [6.45, 7) is 1.76. The van der Waals surface area contributed by atoms with Gasteiger partial charge in [-0.3, -0.25) is 0 Å². The van der Waals surface area contributed by atoms with Gasteiger partial charge in [-0.25, -0.2) is 14.1 Å². The van der Waals surface area contributed by atoms with E-state index in [1.165, 1.54) is 0 Å². The SMILES string of the molecule is COc1cnc2c(-c3cccc(C)c3F)nn(C(c3ccccc3)(c3ccccc3)c3ccccc3)c2c1. The molecule has 186 valence electrons. The zero-order chi connectivity index (χ0) is 26.1. The lowest BCUT2D eigenvalue weighted by molar-refractivity contribution is 0.412. The molecule has 0 atom stereocenters. The fourth-order valence-electron chi connectivity index (χ4n) is 5.26. The molecule has 0 unspecified atom stereocenters.